The first-order chi connectivity index (χ1) is 28.7. The van der Waals surface area contributed by atoms with Crippen LogP contribution in [0.15, 0.2) is 72.8 Å². The highest BCUT2D eigenvalue weighted by Crippen LogP contribution is 2.29. The number of nitrogens with one attached hydrogen (secondary N) is 4. The van der Waals surface area contributed by atoms with Crippen molar-refractivity contribution in [1.82, 2.24) is 21.3 Å². The second kappa shape index (κ2) is 25.8. The lowest BCUT2D eigenvalue weighted by molar-refractivity contribution is -0.131. The van der Waals surface area contributed by atoms with Gasteiger partial charge in [0.15, 0.2) is 13.2 Å². The zero-order chi connectivity index (χ0) is 43.8. The Hall–Kier alpha value is -5.55. The first-order valence-electron chi connectivity index (χ1n) is 20.1. The van der Waals surface area contributed by atoms with Crippen molar-refractivity contribution in [3.8, 4) is 22.6 Å². The molecule has 328 valence electrons. The highest BCUT2D eigenvalue weighted by atomic mass is 16.5. The Morgan fingerprint density at radius 3 is 1.93 bits per heavy atom. The molecule has 3 aromatic carbocycles. The number of benzene rings is 3. The van der Waals surface area contributed by atoms with Gasteiger partial charge in [-0.25, -0.2) is 4.79 Å². The van der Waals surface area contributed by atoms with Crippen molar-refractivity contribution in [2.75, 3.05) is 72.3 Å². The molecule has 16 nitrogen and oxygen atoms in total. The van der Waals surface area contributed by atoms with Crippen LogP contribution >= 0.6 is 0 Å². The van der Waals surface area contributed by atoms with Crippen LogP contribution in [0, 0.1) is 5.41 Å². The number of amides is 4. The molecular weight excluding hydrogens is 773 g/mol. The Balaban J connectivity index is 1.54. The zero-order valence-corrected chi connectivity index (χ0v) is 35.3. The highest BCUT2D eigenvalue weighted by Gasteiger charge is 2.28. The Labute approximate surface area is 352 Å². The summed E-state index contributed by atoms with van der Waals surface area (Å²) < 4.78 is 28.6. The van der Waals surface area contributed by atoms with Crippen molar-refractivity contribution >= 4 is 29.6 Å². The summed E-state index contributed by atoms with van der Waals surface area (Å²) in [7, 11) is 0. The van der Waals surface area contributed by atoms with E-state index < -0.39 is 17.0 Å². The van der Waals surface area contributed by atoms with Crippen molar-refractivity contribution < 1.29 is 47.7 Å². The first kappa shape index (κ1) is 48.8. The average Bonchev–Trinajstić information content (AvgIpc) is 3.23. The van der Waals surface area contributed by atoms with Gasteiger partial charge < -0.3 is 56.4 Å². The Bertz CT molecular complexity index is 1800. The van der Waals surface area contributed by atoms with Gasteiger partial charge in [-0.1, -0.05) is 56.3 Å². The second-order valence-corrected chi connectivity index (χ2v) is 15.1. The molecule has 0 saturated heterocycles. The maximum absolute atomic E-state index is 13.2. The molecule has 3 aromatic rings. The van der Waals surface area contributed by atoms with Crippen LogP contribution < -0.4 is 42.2 Å². The van der Waals surface area contributed by atoms with Crippen molar-refractivity contribution in [3.05, 3.63) is 83.9 Å². The van der Waals surface area contributed by atoms with Crippen LogP contribution in [0.2, 0.25) is 0 Å². The molecule has 8 N–H and O–H groups in total. The van der Waals surface area contributed by atoms with Gasteiger partial charge in [-0.2, -0.15) is 0 Å². The molecule has 0 aliphatic rings. The Kier molecular flexibility index (Phi) is 21.0. The SMILES string of the molecule is CC(C)(CCNC(=O)COc1cc(C(=O)OCc2ccccc2)cc(-c2ccc(OCC(=O)NCCOCCC(=O)NCCN)cc2)c1)OCCC(C)(C)C(=O)NCCN. The van der Waals surface area contributed by atoms with Crippen LogP contribution in [-0.4, -0.2) is 108 Å². The van der Waals surface area contributed by atoms with Crippen molar-refractivity contribution in [3.63, 3.8) is 0 Å². The summed E-state index contributed by atoms with van der Waals surface area (Å²) in [6, 6.07) is 21.2. The van der Waals surface area contributed by atoms with E-state index in [9.17, 15) is 24.0 Å². The van der Waals surface area contributed by atoms with Gasteiger partial charge in [0.25, 0.3) is 11.8 Å². The fourth-order valence-electron chi connectivity index (χ4n) is 5.44. The lowest BCUT2D eigenvalue weighted by atomic mass is 9.88. The predicted molar refractivity (Wildman–Crippen MR) is 227 cm³/mol. The van der Waals surface area contributed by atoms with Gasteiger partial charge in [-0.15, -0.1) is 0 Å². The van der Waals surface area contributed by atoms with E-state index in [1.165, 1.54) is 6.07 Å². The first-order valence-corrected chi connectivity index (χ1v) is 20.1. The van der Waals surface area contributed by atoms with Gasteiger partial charge in [0.1, 0.15) is 18.1 Å². The molecular formula is C44H62N6O10. The summed E-state index contributed by atoms with van der Waals surface area (Å²) in [6.07, 6.45) is 1.24. The Morgan fingerprint density at radius 1 is 0.617 bits per heavy atom. The molecule has 16 heteroatoms. The zero-order valence-electron chi connectivity index (χ0n) is 35.3. The standard InChI is InChI=1S/C44H62N6O10/c1-43(2,42(55)50-21-18-46)16-24-60-44(3,4)15-19-47-39(52)31-58-37-27-34(26-35(28-37)41(54)59-29-32-8-6-5-7-9-32)33-10-12-36(13-11-33)57-30-40(53)49-22-25-56-23-14-38(51)48-20-17-45/h5-13,26-28H,14-25,29-31,45-46H2,1-4H3,(H,47,52)(H,48,51)(H,49,53)(H,50,55). The monoisotopic (exact) mass is 834 g/mol. The van der Waals surface area contributed by atoms with Gasteiger partial charge in [0.05, 0.1) is 24.4 Å². The Morgan fingerprint density at radius 2 is 1.25 bits per heavy atom. The van der Waals surface area contributed by atoms with Crippen LogP contribution in [0.3, 0.4) is 0 Å². The van der Waals surface area contributed by atoms with Gasteiger partial charge in [-0.05, 0) is 73.7 Å². The number of nitrogens with two attached hydrogens (primary N) is 2. The molecule has 0 bridgehead atoms. The van der Waals surface area contributed by atoms with Gasteiger partial charge in [0, 0.05) is 57.7 Å². The molecule has 4 amide bonds. The third-order valence-corrected chi connectivity index (χ3v) is 9.10. The van der Waals surface area contributed by atoms with E-state index in [0.29, 0.717) is 63.5 Å². The molecule has 0 heterocycles. The number of esters is 1. The van der Waals surface area contributed by atoms with Crippen LogP contribution in [0.1, 0.15) is 62.9 Å². The molecule has 0 fully saturated rings. The van der Waals surface area contributed by atoms with Crippen LogP contribution in [0.25, 0.3) is 11.1 Å². The van der Waals surface area contributed by atoms with E-state index in [1.807, 2.05) is 58.0 Å². The summed E-state index contributed by atoms with van der Waals surface area (Å²) in [6.45, 7) is 10.1. The summed E-state index contributed by atoms with van der Waals surface area (Å²) in [5, 5.41) is 11.0. The minimum atomic E-state index is -0.615. The third-order valence-electron chi connectivity index (χ3n) is 9.10. The van der Waals surface area contributed by atoms with Gasteiger partial charge in [0.2, 0.25) is 11.8 Å². The number of hydrogen-bond acceptors (Lipinski definition) is 12. The molecule has 0 saturated carbocycles. The van der Waals surface area contributed by atoms with Crippen molar-refractivity contribution in [2.24, 2.45) is 16.9 Å². The number of carbonyl (C=O) groups is 5. The molecule has 0 spiro atoms. The maximum Gasteiger partial charge on any atom is 0.338 e. The minimum Gasteiger partial charge on any atom is -0.484 e. The van der Waals surface area contributed by atoms with E-state index in [2.05, 4.69) is 21.3 Å². The summed E-state index contributed by atoms with van der Waals surface area (Å²) in [4.78, 5) is 62.4. The average molecular weight is 835 g/mol. The van der Waals surface area contributed by atoms with E-state index in [0.717, 1.165) is 11.1 Å². The minimum absolute atomic E-state index is 0.0748. The van der Waals surface area contributed by atoms with E-state index in [4.69, 9.17) is 35.2 Å². The summed E-state index contributed by atoms with van der Waals surface area (Å²) >= 11 is 0. The van der Waals surface area contributed by atoms with Crippen molar-refractivity contribution in [2.45, 2.75) is 59.2 Å². The number of rotatable bonds is 28. The van der Waals surface area contributed by atoms with Gasteiger partial charge in [-0.3, -0.25) is 19.2 Å². The smallest absolute Gasteiger partial charge is 0.338 e. The van der Waals surface area contributed by atoms with Crippen LogP contribution in [-0.2, 0) is 40.0 Å². The van der Waals surface area contributed by atoms with Crippen LogP contribution in [0.4, 0.5) is 0 Å². The van der Waals surface area contributed by atoms with Gasteiger partial charge >= 0.3 is 5.97 Å². The highest BCUT2D eigenvalue weighted by molar-refractivity contribution is 5.92. The summed E-state index contributed by atoms with van der Waals surface area (Å²) in [5.74, 6) is -0.759. The van der Waals surface area contributed by atoms with Crippen LogP contribution in [0.5, 0.6) is 11.5 Å². The predicted octanol–water partition coefficient (Wildman–Crippen LogP) is 2.86. The molecule has 0 aliphatic carbocycles. The quantitative estimate of drug-likeness (QED) is 0.0458. The fraction of sp³-hybridized carbons (Fsp3) is 0.477. The normalized spacial score (nSPS) is 11.3. The number of carbonyl (C=O) groups excluding carboxylic acids is 5. The fourth-order valence-corrected chi connectivity index (χ4v) is 5.44. The van der Waals surface area contributed by atoms with Crippen molar-refractivity contribution in [1.29, 1.82) is 0 Å². The van der Waals surface area contributed by atoms with E-state index in [-0.39, 0.29) is 80.9 Å². The molecule has 0 atom stereocenters. The molecule has 0 aliphatic heterocycles. The molecule has 3 rings (SSSR count). The molecule has 60 heavy (non-hydrogen) atoms. The molecule has 0 aromatic heterocycles. The lowest BCUT2D eigenvalue weighted by Gasteiger charge is -2.29. The largest absolute Gasteiger partial charge is 0.484 e. The lowest BCUT2D eigenvalue weighted by Crippen LogP contribution is -2.40. The number of hydrogen-bond donors (Lipinski definition) is 6. The maximum atomic E-state index is 13.2. The van der Waals surface area contributed by atoms with E-state index in [1.54, 1.807) is 36.4 Å². The van der Waals surface area contributed by atoms with E-state index >= 15 is 0 Å². The molecule has 0 unspecified atom stereocenters. The molecule has 0 radical (unpaired) electrons. The number of ether oxygens (including phenoxy) is 5. The second-order valence-electron chi connectivity index (χ2n) is 15.1. The third kappa shape index (κ3) is 19.0. The topological polar surface area (TPSA) is 232 Å². The summed E-state index contributed by atoms with van der Waals surface area (Å²) in [5.41, 5.74) is 12.1.